The zero-order valence-electron chi connectivity index (χ0n) is 6.70. The van der Waals surface area contributed by atoms with Gasteiger partial charge in [0.25, 0.3) is 0 Å². The van der Waals surface area contributed by atoms with Crippen molar-refractivity contribution < 1.29 is 5.11 Å². The number of hydrogen-bond acceptors (Lipinski definition) is 1. The highest BCUT2D eigenvalue weighted by Gasteiger charge is 1.87. The zero-order valence-corrected chi connectivity index (χ0v) is 6.70. The van der Waals surface area contributed by atoms with E-state index in [0.29, 0.717) is 0 Å². The van der Waals surface area contributed by atoms with Crippen molar-refractivity contribution in [2.45, 2.75) is 0 Å². The first-order chi connectivity index (χ1) is 5.86. The van der Waals surface area contributed by atoms with E-state index in [2.05, 4.69) is 5.92 Å². The van der Waals surface area contributed by atoms with E-state index in [1.165, 1.54) is 0 Å². The summed E-state index contributed by atoms with van der Waals surface area (Å²) in [6, 6.07) is 7.60. The number of benzene rings is 1. The Morgan fingerprint density at radius 2 is 2.33 bits per heavy atom. The van der Waals surface area contributed by atoms with Crippen molar-refractivity contribution >= 4 is 6.08 Å². The number of aliphatic hydroxyl groups is 1. The van der Waals surface area contributed by atoms with Gasteiger partial charge < -0.3 is 5.11 Å². The second kappa shape index (κ2) is 4.38. The minimum absolute atomic E-state index is 0.0558. The van der Waals surface area contributed by atoms with Gasteiger partial charge in [0.1, 0.15) is 0 Å². The third-order valence-corrected chi connectivity index (χ3v) is 1.47. The minimum atomic E-state index is 0.0558. The molecule has 0 aliphatic rings. The second-order valence-corrected chi connectivity index (χ2v) is 2.35. The van der Waals surface area contributed by atoms with Crippen LogP contribution in [0.3, 0.4) is 0 Å². The van der Waals surface area contributed by atoms with Crippen LogP contribution < -0.4 is 0 Å². The summed E-state index contributed by atoms with van der Waals surface area (Å²) in [5.41, 5.74) is 1.87. The van der Waals surface area contributed by atoms with Gasteiger partial charge in [0.2, 0.25) is 0 Å². The van der Waals surface area contributed by atoms with Gasteiger partial charge in [0.05, 0.1) is 6.61 Å². The molecule has 1 N–H and O–H groups in total. The molecule has 0 fully saturated rings. The summed E-state index contributed by atoms with van der Waals surface area (Å²) in [5, 5.41) is 8.53. The van der Waals surface area contributed by atoms with Crippen molar-refractivity contribution in [3.8, 4) is 12.3 Å². The quantitative estimate of drug-likeness (QED) is 0.649. The Labute approximate surface area is 72.4 Å². The van der Waals surface area contributed by atoms with Crippen molar-refractivity contribution in [3.05, 3.63) is 41.5 Å². The normalized spacial score (nSPS) is 10.0. The first-order valence-corrected chi connectivity index (χ1v) is 3.71. The van der Waals surface area contributed by atoms with Crippen LogP contribution in [0.1, 0.15) is 11.1 Å². The standard InChI is InChI=1S/C11H10O/c1-2-10-5-3-6-11(9-10)7-4-8-12/h1,3-7,9,12H,8H2/b7-4+. The lowest BCUT2D eigenvalue weighted by atomic mass is 10.1. The zero-order chi connectivity index (χ0) is 8.81. The van der Waals surface area contributed by atoms with E-state index >= 15 is 0 Å². The predicted molar refractivity (Wildman–Crippen MR) is 50.5 cm³/mol. The molecule has 12 heavy (non-hydrogen) atoms. The summed E-state index contributed by atoms with van der Waals surface area (Å²) in [6.07, 6.45) is 8.73. The molecule has 1 heteroatoms. The van der Waals surface area contributed by atoms with Crippen molar-refractivity contribution in [2.24, 2.45) is 0 Å². The summed E-state index contributed by atoms with van der Waals surface area (Å²) in [7, 11) is 0. The Hall–Kier alpha value is -1.52. The smallest absolute Gasteiger partial charge is 0.0615 e. The van der Waals surface area contributed by atoms with Crippen LogP contribution in [0.4, 0.5) is 0 Å². The molecule has 1 aromatic carbocycles. The van der Waals surface area contributed by atoms with Gasteiger partial charge in [-0.1, -0.05) is 30.2 Å². The van der Waals surface area contributed by atoms with Gasteiger partial charge in [0, 0.05) is 5.56 Å². The molecule has 1 rings (SSSR count). The third-order valence-electron chi connectivity index (χ3n) is 1.47. The van der Waals surface area contributed by atoms with Crippen molar-refractivity contribution in [3.63, 3.8) is 0 Å². The number of hydrogen-bond donors (Lipinski definition) is 1. The lowest BCUT2D eigenvalue weighted by molar-refractivity contribution is 0.343. The summed E-state index contributed by atoms with van der Waals surface area (Å²) >= 11 is 0. The van der Waals surface area contributed by atoms with Crippen molar-refractivity contribution in [1.29, 1.82) is 0 Å². The third kappa shape index (κ3) is 2.26. The monoisotopic (exact) mass is 158 g/mol. The summed E-state index contributed by atoms with van der Waals surface area (Å²) < 4.78 is 0. The van der Waals surface area contributed by atoms with Gasteiger partial charge in [0.15, 0.2) is 0 Å². The van der Waals surface area contributed by atoms with Crippen LogP contribution in [0, 0.1) is 12.3 Å². The molecule has 0 spiro atoms. The number of aliphatic hydroxyl groups excluding tert-OH is 1. The topological polar surface area (TPSA) is 20.2 Å². The molecule has 0 bridgehead atoms. The van der Waals surface area contributed by atoms with E-state index in [-0.39, 0.29) is 6.61 Å². The Kier molecular flexibility index (Phi) is 3.13. The highest BCUT2D eigenvalue weighted by atomic mass is 16.2. The maximum Gasteiger partial charge on any atom is 0.0615 e. The maximum absolute atomic E-state index is 8.53. The molecule has 1 aromatic rings. The fourth-order valence-corrected chi connectivity index (χ4v) is 0.921. The van der Waals surface area contributed by atoms with E-state index in [4.69, 9.17) is 11.5 Å². The van der Waals surface area contributed by atoms with E-state index in [0.717, 1.165) is 11.1 Å². The van der Waals surface area contributed by atoms with Crippen LogP contribution in [-0.2, 0) is 0 Å². The van der Waals surface area contributed by atoms with E-state index in [9.17, 15) is 0 Å². The fraction of sp³-hybridized carbons (Fsp3) is 0.0909. The Morgan fingerprint density at radius 3 is 3.00 bits per heavy atom. The molecule has 0 aliphatic heterocycles. The minimum Gasteiger partial charge on any atom is -0.392 e. The van der Waals surface area contributed by atoms with Gasteiger partial charge in [-0.15, -0.1) is 6.42 Å². The Balaban J connectivity index is 2.88. The van der Waals surface area contributed by atoms with Crippen LogP contribution in [0.2, 0.25) is 0 Å². The molecule has 0 unspecified atom stereocenters. The first kappa shape index (κ1) is 8.58. The van der Waals surface area contributed by atoms with Crippen LogP contribution in [0.5, 0.6) is 0 Å². The molecule has 0 aliphatic carbocycles. The van der Waals surface area contributed by atoms with E-state index in [1.807, 2.05) is 30.3 Å². The van der Waals surface area contributed by atoms with E-state index in [1.54, 1.807) is 6.08 Å². The largest absolute Gasteiger partial charge is 0.392 e. The van der Waals surface area contributed by atoms with Gasteiger partial charge in [-0.05, 0) is 17.7 Å². The van der Waals surface area contributed by atoms with Crippen LogP contribution >= 0.6 is 0 Å². The molecule has 60 valence electrons. The highest BCUT2D eigenvalue weighted by Crippen LogP contribution is 2.05. The highest BCUT2D eigenvalue weighted by molar-refractivity contribution is 5.52. The summed E-state index contributed by atoms with van der Waals surface area (Å²) in [4.78, 5) is 0. The molecule has 0 atom stereocenters. The lowest BCUT2D eigenvalue weighted by Gasteiger charge is -1.93. The Morgan fingerprint density at radius 1 is 1.50 bits per heavy atom. The summed E-state index contributed by atoms with van der Waals surface area (Å²) in [5.74, 6) is 2.55. The first-order valence-electron chi connectivity index (χ1n) is 3.71. The fourth-order valence-electron chi connectivity index (χ4n) is 0.921. The lowest BCUT2D eigenvalue weighted by Crippen LogP contribution is -1.77. The molecule has 0 amide bonds. The van der Waals surface area contributed by atoms with Crippen LogP contribution in [-0.4, -0.2) is 11.7 Å². The molecule has 0 saturated heterocycles. The van der Waals surface area contributed by atoms with Crippen LogP contribution in [0.15, 0.2) is 30.3 Å². The number of rotatable bonds is 2. The SMILES string of the molecule is C#Cc1cccc(/C=C/CO)c1. The Bertz CT molecular complexity index is 318. The number of terminal acetylenes is 1. The molecular formula is C11H10O. The van der Waals surface area contributed by atoms with E-state index < -0.39 is 0 Å². The van der Waals surface area contributed by atoms with Gasteiger partial charge in [-0.3, -0.25) is 0 Å². The van der Waals surface area contributed by atoms with Gasteiger partial charge in [-0.2, -0.15) is 0 Å². The van der Waals surface area contributed by atoms with Gasteiger partial charge in [-0.25, -0.2) is 0 Å². The maximum atomic E-state index is 8.53. The average molecular weight is 158 g/mol. The second-order valence-electron chi connectivity index (χ2n) is 2.35. The van der Waals surface area contributed by atoms with Crippen molar-refractivity contribution in [1.82, 2.24) is 0 Å². The molecule has 0 saturated carbocycles. The van der Waals surface area contributed by atoms with Gasteiger partial charge >= 0.3 is 0 Å². The predicted octanol–water partition coefficient (Wildman–Crippen LogP) is 1.67. The average Bonchev–Trinajstić information content (AvgIpc) is 2.15. The molecule has 0 radical (unpaired) electrons. The molecular weight excluding hydrogens is 148 g/mol. The summed E-state index contributed by atoms with van der Waals surface area (Å²) in [6.45, 7) is 0.0558. The molecule has 0 aromatic heterocycles. The van der Waals surface area contributed by atoms with Crippen molar-refractivity contribution in [2.75, 3.05) is 6.61 Å². The molecule has 1 nitrogen and oxygen atoms in total. The van der Waals surface area contributed by atoms with Crippen LogP contribution in [0.25, 0.3) is 6.08 Å². The molecule has 0 heterocycles.